The van der Waals surface area contributed by atoms with Crippen LogP contribution in [0.1, 0.15) is 91.2 Å². The van der Waals surface area contributed by atoms with Gasteiger partial charge < -0.3 is 28.5 Å². The summed E-state index contributed by atoms with van der Waals surface area (Å²) in [6.45, 7) is 10.4. The van der Waals surface area contributed by atoms with Gasteiger partial charge in [-0.25, -0.2) is 4.79 Å². The summed E-state index contributed by atoms with van der Waals surface area (Å²) in [5, 5.41) is 12.2. The zero-order valence-corrected chi connectivity index (χ0v) is 24.6. The first kappa shape index (κ1) is 27.6. The van der Waals surface area contributed by atoms with Crippen molar-refractivity contribution in [2.45, 2.75) is 115 Å². The number of aliphatic hydroxyl groups is 1. The van der Waals surface area contributed by atoms with E-state index in [9.17, 15) is 19.5 Å². The molecule has 224 valence electrons. The number of hydrogen-bond donors (Lipinski definition) is 1. The van der Waals surface area contributed by atoms with E-state index >= 15 is 0 Å². The van der Waals surface area contributed by atoms with Crippen LogP contribution in [0.15, 0.2) is 23.0 Å². The number of carbonyl (C=O) groups excluding carboxylic acids is 3. The average Bonchev–Trinajstić information content (AvgIpc) is 3.39. The lowest BCUT2D eigenvalue weighted by Gasteiger charge is -2.66. The molecule has 0 radical (unpaired) electrons. The first-order valence-corrected chi connectivity index (χ1v) is 15.4. The largest absolute Gasteiger partial charge is 0.472 e. The minimum absolute atomic E-state index is 0.0626. The standard InChI is InChI=1S/C32H42O9/c1-6-7-17(2)8-12-29(4)23-22(34)24(35)30(5)19(31(23)16-38-21(33)14-20(31)40-29)9-11-28(3)25(18-10-13-37-15-18)39-27(36)26-32(28,30)41-26/h10,13,15,17,19-20,23-26,35H,6-9,11-12,14,16H2,1-5H3/t17-,19-,20-,23-,24+,25-,26+,28+,29+,30+,31+,32-/m0/s1. The van der Waals surface area contributed by atoms with Crippen LogP contribution in [0.4, 0.5) is 0 Å². The lowest BCUT2D eigenvalue weighted by molar-refractivity contribution is -0.252. The van der Waals surface area contributed by atoms with Crippen molar-refractivity contribution in [2.75, 3.05) is 6.61 Å². The maximum atomic E-state index is 14.7. The van der Waals surface area contributed by atoms with Gasteiger partial charge in [0.05, 0.1) is 36.6 Å². The molecule has 7 rings (SSSR count). The van der Waals surface area contributed by atoms with Crippen molar-refractivity contribution in [3.63, 3.8) is 0 Å². The van der Waals surface area contributed by atoms with E-state index < -0.39 is 63.8 Å². The van der Waals surface area contributed by atoms with E-state index in [4.69, 9.17) is 23.4 Å². The number of ketones is 1. The maximum absolute atomic E-state index is 14.7. The van der Waals surface area contributed by atoms with Crippen molar-refractivity contribution in [3.05, 3.63) is 24.2 Å². The van der Waals surface area contributed by atoms with E-state index in [-0.39, 0.29) is 30.7 Å². The summed E-state index contributed by atoms with van der Waals surface area (Å²) in [5.74, 6) is -1.55. The van der Waals surface area contributed by atoms with Gasteiger partial charge in [0.15, 0.2) is 11.9 Å². The van der Waals surface area contributed by atoms with Crippen molar-refractivity contribution < 1.29 is 42.9 Å². The Balaban J connectivity index is 1.35. The Morgan fingerprint density at radius 2 is 1.88 bits per heavy atom. The molecule has 6 aliphatic rings. The number of aliphatic hydroxyl groups excluding tert-OH is 1. The summed E-state index contributed by atoms with van der Waals surface area (Å²) < 4.78 is 30.4. The van der Waals surface area contributed by atoms with Crippen molar-refractivity contribution in [3.8, 4) is 0 Å². The molecule has 4 saturated heterocycles. The first-order valence-electron chi connectivity index (χ1n) is 15.4. The third-order valence-corrected chi connectivity index (χ3v) is 12.5. The van der Waals surface area contributed by atoms with Crippen molar-refractivity contribution in [2.24, 2.45) is 34.0 Å². The molecule has 1 aromatic heterocycles. The summed E-state index contributed by atoms with van der Waals surface area (Å²) in [7, 11) is 0. The third kappa shape index (κ3) is 3.15. The van der Waals surface area contributed by atoms with Crippen molar-refractivity contribution in [1.29, 1.82) is 0 Å². The summed E-state index contributed by atoms with van der Waals surface area (Å²) in [4.78, 5) is 40.7. The van der Waals surface area contributed by atoms with Gasteiger partial charge in [-0.15, -0.1) is 0 Å². The van der Waals surface area contributed by atoms with Crippen LogP contribution in [0.25, 0.3) is 0 Å². The summed E-state index contributed by atoms with van der Waals surface area (Å²) >= 11 is 0. The van der Waals surface area contributed by atoms with E-state index in [0.29, 0.717) is 25.2 Å². The highest BCUT2D eigenvalue weighted by Gasteiger charge is 2.90. The highest BCUT2D eigenvalue weighted by atomic mass is 16.7. The van der Waals surface area contributed by atoms with Gasteiger partial charge in [0.25, 0.3) is 0 Å². The third-order valence-electron chi connectivity index (χ3n) is 12.5. The van der Waals surface area contributed by atoms with Crippen LogP contribution in [0, 0.1) is 34.0 Å². The molecule has 2 aliphatic carbocycles. The molecule has 9 heteroatoms. The number of cyclic esters (lactones) is 2. The Kier molecular flexibility index (Phi) is 5.83. The van der Waals surface area contributed by atoms with Gasteiger partial charge >= 0.3 is 11.9 Å². The average molecular weight is 571 g/mol. The van der Waals surface area contributed by atoms with Gasteiger partial charge in [-0.05, 0) is 50.5 Å². The number of carbonyl (C=O) groups is 3. The van der Waals surface area contributed by atoms with E-state index in [2.05, 4.69) is 13.8 Å². The zero-order chi connectivity index (χ0) is 29.2. The minimum Gasteiger partial charge on any atom is -0.472 e. The molecule has 12 atom stereocenters. The van der Waals surface area contributed by atoms with Gasteiger partial charge in [0, 0.05) is 21.8 Å². The lowest BCUT2D eigenvalue weighted by Crippen LogP contribution is -2.76. The normalized spacial score (nSPS) is 50.4. The quantitative estimate of drug-likeness (QED) is 0.394. The van der Waals surface area contributed by atoms with Crippen LogP contribution in [0.3, 0.4) is 0 Å². The second-order valence-electron chi connectivity index (χ2n) is 14.5. The predicted octanol–water partition coefficient (Wildman–Crippen LogP) is 4.30. The minimum atomic E-state index is -1.38. The van der Waals surface area contributed by atoms with Crippen LogP contribution in [0.5, 0.6) is 0 Å². The number of ether oxygens (including phenoxy) is 4. The number of esters is 2. The second-order valence-corrected chi connectivity index (χ2v) is 14.5. The number of hydrogen-bond acceptors (Lipinski definition) is 9. The van der Waals surface area contributed by atoms with Crippen LogP contribution >= 0.6 is 0 Å². The highest BCUT2D eigenvalue weighted by molar-refractivity contribution is 5.92. The monoisotopic (exact) mass is 570 g/mol. The number of epoxide rings is 1. The molecule has 0 amide bonds. The molecular weight excluding hydrogens is 528 g/mol. The molecule has 1 N–H and O–H groups in total. The van der Waals surface area contributed by atoms with E-state index in [1.807, 2.05) is 20.8 Å². The Morgan fingerprint density at radius 3 is 2.59 bits per heavy atom. The molecule has 4 aliphatic heterocycles. The number of rotatable bonds is 6. The van der Waals surface area contributed by atoms with Gasteiger partial charge in [-0.2, -0.15) is 0 Å². The van der Waals surface area contributed by atoms with Crippen LogP contribution < -0.4 is 0 Å². The fourth-order valence-electron chi connectivity index (χ4n) is 10.7. The van der Waals surface area contributed by atoms with Crippen LogP contribution in [-0.4, -0.2) is 58.9 Å². The molecule has 41 heavy (non-hydrogen) atoms. The molecule has 2 saturated carbocycles. The maximum Gasteiger partial charge on any atom is 0.339 e. The molecule has 0 unspecified atom stereocenters. The Bertz CT molecular complexity index is 1280. The fourth-order valence-corrected chi connectivity index (χ4v) is 10.7. The number of fused-ring (bicyclic) bond motifs is 1. The summed E-state index contributed by atoms with van der Waals surface area (Å²) in [6, 6.07) is 1.79. The first-order chi connectivity index (χ1) is 19.4. The van der Waals surface area contributed by atoms with Crippen LogP contribution in [-0.2, 0) is 33.3 Å². The molecule has 5 heterocycles. The molecule has 1 aromatic rings. The van der Waals surface area contributed by atoms with Gasteiger partial charge in [-0.1, -0.05) is 40.5 Å². The Morgan fingerprint density at radius 1 is 1.10 bits per heavy atom. The molecule has 0 aromatic carbocycles. The molecule has 6 fully saturated rings. The Labute approximate surface area is 240 Å². The van der Waals surface area contributed by atoms with E-state index in [1.165, 1.54) is 0 Å². The van der Waals surface area contributed by atoms with Gasteiger partial charge in [0.1, 0.15) is 24.4 Å². The lowest BCUT2D eigenvalue weighted by atomic mass is 9.36. The smallest absolute Gasteiger partial charge is 0.339 e. The SMILES string of the molecule is CCC[C@H](C)CC[C@@]1(C)O[C@H]2CC(=O)OC[C@@]23[C@H]2CC[C@]4(C)[C@H](c5ccoc5)OC(=O)[C@H]5O[C@@]54[C@@]2(C)[C@H](O)C(=O)[C@H]31. The molecule has 0 bridgehead atoms. The van der Waals surface area contributed by atoms with Crippen LogP contribution in [0.2, 0.25) is 0 Å². The summed E-state index contributed by atoms with van der Waals surface area (Å²) in [6.07, 6.45) is 4.76. The highest BCUT2D eigenvalue weighted by Crippen LogP contribution is 2.80. The summed E-state index contributed by atoms with van der Waals surface area (Å²) in [5.41, 5.74) is -3.91. The number of Topliss-reactive ketones (excluding diaryl/α,β-unsaturated/α-hetero) is 1. The molecule has 2 spiro atoms. The second kappa shape index (κ2) is 8.66. The molecular formula is C32H42O9. The van der Waals surface area contributed by atoms with E-state index in [1.54, 1.807) is 18.6 Å². The topological polar surface area (TPSA) is 125 Å². The predicted molar refractivity (Wildman–Crippen MR) is 143 cm³/mol. The fraction of sp³-hybridized carbons (Fsp3) is 0.781. The van der Waals surface area contributed by atoms with Crippen molar-refractivity contribution >= 4 is 17.7 Å². The number of furan rings is 1. The van der Waals surface area contributed by atoms with Gasteiger partial charge in [-0.3, -0.25) is 9.59 Å². The molecule has 9 nitrogen and oxygen atoms in total. The van der Waals surface area contributed by atoms with Crippen molar-refractivity contribution in [1.82, 2.24) is 0 Å². The van der Waals surface area contributed by atoms with E-state index in [0.717, 1.165) is 24.8 Å². The van der Waals surface area contributed by atoms with Gasteiger partial charge in [0.2, 0.25) is 0 Å². The zero-order valence-electron chi connectivity index (χ0n) is 24.6. The Hall–Kier alpha value is -2.23.